The predicted molar refractivity (Wildman–Crippen MR) is 126 cm³/mol. The Morgan fingerprint density at radius 3 is 2.24 bits per heavy atom. The van der Waals surface area contributed by atoms with Gasteiger partial charge in [0.2, 0.25) is 11.8 Å². The SMILES string of the molecule is NC(=O)CC(NC(=O)C1CCCCN1C(=O)N1c2ccccc2Sc2ccccc21)C(=O)CF. The second-order valence-corrected chi connectivity index (χ2v) is 9.28. The third-order valence-corrected chi connectivity index (χ3v) is 7.05. The summed E-state index contributed by atoms with van der Waals surface area (Å²) in [7, 11) is 0. The van der Waals surface area contributed by atoms with E-state index in [1.807, 2.05) is 48.5 Å². The van der Waals surface area contributed by atoms with Crippen LogP contribution in [0.5, 0.6) is 0 Å². The molecular formula is C24H25FN4O4S. The van der Waals surface area contributed by atoms with Gasteiger partial charge >= 0.3 is 6.03 Å². The van der Waals surface area contributed by atoms with E-state index in [2.05, 4.69) is 5.32 Å². The smallest absolute Gasteiger partial charge is 0.329 e. The molecule has 2 aliphatic heterocycles. The number of nitrogens with one attached hydrogen (secondary N) is 1. The number of primary amides is 1. The molecule has 0 aliphatic carbocycles. The van der Waals surface area contributed by atoms with Gasteiger partial charge in [-0.15, -0.1) is 0 Å². The zero-order valence-corrected chi connectivity index (χ0v) is 19.2. The number of carbonyl (C=O) groups excluding carboxylic acids is 4. The molecule has 2 unspecified atom stereocenters. The van der Waals surface area contributed by atoms with Crippen molar-refractivity contribution < 1.29 is 23.6 Å². The molecule has 34 heavy (non-hydrogen) atoms. The Bertz CT molecular complexity index is 1080. The average molecular weight is 485 g/mol. The van der Waals surface area contributed by atoms with Gasteiger partial charge in [-0.3, -0.25) is 19.3 Å². The van der Waals surface area contributed by atoms with Crippen LogP contribution in [0.1, 0.15) is 25.7 Å². The van der Waals surface area contributed by atoms with Gasteiger partial charge in [0, 0.05) is 16.3 Å². The quantitative estimate of drug-likeness (QED) is 0.654. The molecule has 1 saturated heterocycles. The number of nitrogens with two attached hydrogens (primary N) is 1. The van der Waals surface area contributed by atoms with Crippen LogP contribution in [0.2, 0.25) is 0 Å². The van der Waals surface area contributed by atoms with Crippen LogP contribution in [0.15, 0.2) is 58.3 Å². The summed E-state index contributed by atoms with van der Waals surface area (Å²) in [4.78, 5) is 55.2. The average Bonchev–Trinajstić information content (AvgIpc) is 2.85. The van der Waals surface area contributed by atoms with Crippen LogP contribution in [0.25, 0.3) is 0 Å². The molecule has 3 N–H and O–H groups in total. The number of amides is 4. The van der Waals surface area contributed by atoms with Gasteiger partial charge in [0.1, 0.15) is 12.7 Å². The Labute approximate surface area is 200 Å². The zero-order chi connectivity index (χ0) is 24.2. The number of alkyl halides is 1. The van der Waals surface area contributed by atoms with Crippen molar-refractivity contribution in [2.45, 2.75) is 47.6 Å². The number of Topliss-reactive ketones (excluding diaryl/α,β-unsaturated/α-hetero) is 1. The molecule has 2 heterocycles. The van der Waals surface area contributed by atoms with Crippen molar-refractivity contribution in [3.05, 3.63) is 48.5 Å². The minimum Gasteiger partial charge on any atom is -0.370 e. The second kappa shape index (κ2) is 10.3. The van der Waals surface area contributed by atoms with E-state index in [4.69, 9.17) is 5.73 Å². The number of fused-ring (bicyclic) bond motifs is 2. The minimum absolute atomic E-state index is 0.350. The van der Waals surface area contributed by atoms with Crippen LogP contribution in [-0.2, 0) is 14.4 Å². The van der Waals surface area contributed by atoms with Gasteiger partial charge in [-0.2, -0.15) is 0 Å². The second-order valence-electron chi connectivity index (χ2n) is 8.19. The summed E-state index contributed by atoms with van der Waals surface area (Å²) in [6.07, 6.45) is 1.31. The largest absolute Gasteiger partial charge is 0.370 e. The van der Waals surface area contributed by atoms with Gasteiger partial charge in [-0.05, 0) is 43.5 Å². The molecule has 178 valence electrons. The first kappa shape index (κ1) is 23.7. The molecule has 2 aromatic rings. The lowest BCUT2D eigenvalue weighted by Crippen LogP contribution is -2.57. The lowest BCUT2D eigenvalue weighted by molar-refractivity contribution is -0.132. The van der Waals surface area contributed by atoms with E-state index < -0.39 is 42.8 Å². The van der Waals surface area contributed by atoms with Crippen LogP contribution in [0.4, 0.5) is 20.6 Å². The molecular weight excluding hydrogens is 459 g/mol. The third-order valence-electron chi connectivity index (χ3n) is 5.92. The van der Waals surface area contributed by atoms with E-state index >= 15 is 0 Å². The summed E-state index contributed by atoms with van der Waals surface area (Å²) >= 11 is 1.57. The Morgan fingerprint density at radius 1 is 1.03 bits per heavy atom. The molecule has 1 fully saturated rings. The van der Waals surface area contributed by atoms with Crippen molar-refractivity contribution in [2.24, 2.45) is 5.73 Å². The number of hydrogen-bond donors (Lipinski definition) is 2. The number of piperidine rings is 1. The van der Waals surface area contributed by atoms with Gasteiger partial charge in [0.05, 0.1) is 23.8 Å². The molecule has 0 radical (unpaired) electrons. The molecule has 10 heteroatoms. The molecule has 0 saturated carbocycles. The van der Waals surface area contributed by atoms with Gasteiger partial charge in [0.25, 0.3) is 0 Å². The number of para-hydroxylation sites is 2. The monoisotopic (exact) mass is 484 g/mol. The number of carbonyl (C=O) groups is 4. The maximum absolute atomic E-state index is 13.9. The highest BCUT2D eigenvalue weighted by Gasteiger charge is 2.39. The molecule has 2 atom stereocenters. The Morgan fingerprint density at radius 2 is 1.65 bits per heavy atom. The van der Waals surface area contributed by atoms with Crippen molar-refractivity contribution in [1.29, 1.82) is 0 Å². The summed E-state index contributed by atoms with van der Waals surface area (Å²) in [5, 5.41) is 2.45. The van der Waals surface area contributed by atoms with E-state index in [1.165, 1.54) is 4.90 Å². The Hall–Kier alpha value is -3.40. The van der Waals surface area contributed by atoms with E-state index in [9.17, 15) is 23.6 Å². The fourth-order valence-corrected chi connectivity index (χ4v) is 5.34. The first-order valence-corrected chi connectivity index (χ1v) is 11.9. The number of rotatable bonds is 6. The molecule has 4 amide bonds. The van der Waals surface area contributed by atoms with Gasteiger partial charge < -0.3 is 16.0 Å². The predicted octanol–water partition coefficient (Wildman–Crippen LogP) is 3.16. The fraction of sp³-hybridized carbons (Fsp3) is 0.333. The van der Waals surface area contributed by atoms with Crippen molar-refractivity contribution in [3.8, 4) is 0 Å². The lowest BCUT2D eigenvalue weighted by Gasteiger charge is -2.40. The van der Waals surface area contributed by atoms with Crippen LogP contribution >= 0.6 is 11.8 Å². The minimum atomic E-state index is -1.36. The summed E-state index contributed by atoms with van der Waals surface area (Å²) < 4.78 is 13.0. The van der Waals surface area contributed by atoms with E-state index in [0.29, 0.717) is 19.4 Å². The number of halogens is 1. The molecule has 0 aromatic heterocycles. The van der Waals surface area contributed by atoms with Crippen molar-refractivity contribution in [1.82, 2.24) is 10.2 Å². The number of urea groups is 1. The zero-order valence-electron chi connectivity index (χ0n) is 18.4. The molecule has 2 aromatic carbocycles. The number of nitrogens with zero attached hydrogens (tertiary/aromatic N) is 2. The van der Waals surface area contributed by atoms with Gasteiger partial charge in [0.15, 0.2) is 5.78 Å². The number of hydrogen-bond acceptors (Lipinski definition) is 5. The number of anilines is 2. The Kier molecular flexibility index (Phi) is 7.16. The van der Waals surface area contributed by atoms with Crippen molar-refractivity contribution in [2.75, 3.05) is 18.1 Å². The third kappa shape index (κ3) is 4.77. The number of ketones is 1. The van der Waals surface area contributed by atoms with E-state index in [1.54, 1.807) is 16.7 Å². The van der Waals surface area contributed by atoms with Gasteiger partial charge in [-0.1, -0.05) is 36.0 Å². The fourth-order valence-electron chi connectivity index (χ4n) is 4.28. The highest BCUT2D eigenvalue weighted by Crippen LogP contribution is 2.48. The topological polar surface area (TPSA) is 113 Å². The summed E-state index contributed by atoms with van der Waals surface area (Å²) in [5.74, 6) is -2.37. The molecule has 0 bridgehead atoms. The lowest BCUT2D eigenvalue weighted by atomic mass is 10.0. The highest BCUT2D eigenvalue weighted by molar-refractivity contribution is 7.99. The van der Waals surface area contributed by atoms with Crippen LogP contribution in [-0.4, -0.2) is 53.8 Å². The van der Waals surface area contributed by atoms with Crippen molar-refractivity contribution in [3.63, 3.8) is 0 Å². The van der Waals surface area contributed by atoms with Gasteiger partial charge in [-0.25, -0.2) is 9.18 Å². The molecule has 4 rings (SSSR count). The highest BCUT2D eigenvalue weighted by atomic mass is 32.2. The van der Waals surface area contributed by atoms with Crippen LogP contribution in [0, 0.1) is 0 Å². The van der Waals surface area contributed by atoms with Crippen LogP contribution < -0.4 is 16.0 Å². The standard InChI is InChI=1S/C24H25FN4O4S/c25-14-19(30)15(13-22(26)31)27-23(32)18-9-5-6-12-28(18)24(33)29-16-7-1-3-10-20(16)34-21-11-4-2-8-17(21)29/h1-4,7-8,10-11,15,18H,5-6,9,12-14H2,(H2,26,31)(H,27,32). The summed E-state index contributed by atoms with van der Waals surface area (Å²) in [6, 6.07) is 12.5. The maximum Gasteiger partial charge on any atom is 0.329 e. The normalized spacial score (nSPS) is 17.9. The maximum atomic E-state index is 13.9. The van der Waals surface area contributed by atoms with E-state index in [0.717, 1.165) is 27.6 Å². The molecule has 8 nitrogen and oxygen atoms in total. The van der Waals surface area contributed by atoms with E-state index in [-0.39, 0.29) is 6.03 Å². The molecule has 0 spiro atoms. The first-order valence-electron chi connectivity index (χ1n) is 11.0. The van der Waals surface area contributed by atoms with Crippen LogP contribution in [0.3, 0.4) is 0 Å². The van der Waals surface area contributed by atoms with Crippen molar-refractivity contribution >= 4 is 46.8 Å². The first-order chi connectivity index (χ1) is 16.4. The Balaban J connectivity index is 1.63. The number of likely N-dealkylation sites (tertiary alicyclic amines) is 1. The number of benzene rings is 2. The molecule has 2 aliphatic rings. The summed E-state index contributed by atoms with van der Waals surface area (Å²) in [5.41, 5.74) is 6.61. The summed E-state index contributed by atoms with van der Waals surface area (Å²) in [6.45, 7) is -0.979.